The van der Waals surface area contributed by atoms with Crippen molar-refractivity contribution in [2.75, 3.05) is 0 Å². The summed E-state index contributed by atoms with van der Waals surface area (Å²) in [5, 5.41) is 21.3. The summed E-state index contributed by atoms with van der Waals surface area (Å²) < 4.78 is 0. The van der Waals surface area contributed by atoms with E-state index >= 15 is 0 Å². The molecule has 0 spiro atoms. The van der Waals surface area contributed by atoms with Crippen molar-refractivity contribution in [3.63, 3.8) is 0 Å². The first-order chi connectivity index (χ1) is 11.4. The van der Waals surface area contributed by atoms with Crippen LogP contribution in [0.15, 0.2) is 58.5 Å². The van der Waals surface area contributed by atoms with Crippen molar-refractivity contribution in [2.24, 2.45) is 21.5 Å². The first-order valence-corrected chi connectivity index (χ1v) is 6.68. The molecule has 0 radical (unpaired) electrons. The fourth-order valence-corrected chi connectivity index (χ4v) is 1.74. The number of carboxylic acid groups (broad SMARTS) is 2. The molecule has 2 aromatic carbocycles. The summed E-state index contributed by atoms with van der Waals surface area (Å²) in [6.45, 7) is 0. The van der Waals surface area contributed by atoms with Crippen molar-refractivity contribution in [2.45, 2.75) is 0 Å². The molecule has 0 atom stereocenters. The molecule has 0 aliphatic heterocycles. The van der Waals surface area contributed by atoms with Gasteiger partial charge in [-0.15, -0.1) is 0 Å². The van der Waals surface area contributed by atoms with Crippen molar-refractivity contribution >= 4 is 35.0 Å². The molecule has 4 N–H and O–H groups in total. The van der Waals surface area contributed by atoms with Gasteiger partial charge in [0.25, 0.3) is 0 Å². The Morgan fingerprint density at radius 1 is 0.654 bits per heavy atom. The third-order valence-electron chi connectivity index (χ3n) is 2.97. The molecular formula is C16H12K2N4O4. The third-order valence-corrected chi connectivity index (χ3v) is 2.97. The first kappa shape index (κ1) is 25.6. The van der Waals surface area contributed by atoms with E-state index in [9.17, 15) is 19.8 Å². The number of nitrogens with zero attached hydrogens (tertiary/aromatic N) is 2. The fourth-order valence-electron chi connectivity index (χ4n) is 1.74. The Kier molecular flexibility index (Phi) is 11.9. The van der Waals surface area contributed by atoms with Gasteiger partial charge in [0.15, 0.2) is 11.7 Å². The molecule has 122 valence electrons. The summed E-state index contributed by atoms with van der Waals surface area (Å²) in [6.07, 6.45) is 0. The Morgan fingerprint density at radius 3 is 1.15 bits per heavy atom. The molecule has 2 rings (SSSR count). The maximum absolute atomic E-state index is 10.7. The SMILES string of the molecule is NC(=Nc1ccc(C(=O)[O-])cc1)C(N)=Nc1ccc(C(=O)[O-])cc1.[K+].[K+]. The topological polar surface area (TPSA) is 157 Å². The number of hydrogen-bond acceptors (Lipinski definition) is 6. The molecule has 0 aromatic heterocycles. The van der Waals surface area contributed by atoms with E-state index in [0.29, 0.717) is 11.4 Å². The number of carbonyl (C=O) groups is 2. The van der Waals surface area contributed by atoms with Crippen molar-refractivity contribution in [1.29, 1.82) is 0 Å². The molecule has 0 heterocycles. The van der Waals surface area contributed by atoms with E-state index in [1.165, 1.54) is 48.5 Å². The van der Waals surface area contributed by atoms with Gasteiger partial charge in [0.05, 0.1) is 23.3 Å². The van der Waals surface area contributed by atoms with E-state index < -0.39 is 11.9 Å². The zero-order chi connectivity index (χ0) is 17.7. The summed E-state index contributed by atoms with van der Waals surface area (Å²) in [6, 6.07) is 11.1. The van der Waals surface area contributed by atoms with E-state index in [1.54, 1.807) is 0 Å². The van der Waals surface area contributed by atoms with Gasteiger partial charge >= 0.3 is 103 Å². The predicted molar refractivity (Wildman–Crippen MR) is 84.1 cm³/mol. The molecular weight excluding hydrogens is 390 g/mol. The number of aromatic carboxylic acids is 2. The van der Waals surface area contributed by atoms with Crippen LogP contribution in [0.4, 0.5) is 11.4 Å². The third kappa shape index (κ3) is 7.68. The number of carbonyl (C=O) groups excluding carboxylic acids is 2. The molecule has 26 heavy (non-hydrogen) atoms. The number of amidine groups is 2. The Bertz CT molecular complexity index is 763. The number of aliphatic imine (C=N–C) groups is 2. The average Bonchev–Trinajstić information content (AvgIpc) is 2.55. The van der Waals surface area contributed by atoms with Gasteiger partial charge in [0.2, 0.25) is 0 Å². The van der Waals surface area contributed by atoms with Crippen LogP contribution < -0.4 is 124 Å². The Labute approximate surface area is 234 Å². The molecule has 0 fully saturated rings. The van der Waals surface area contributed by atoms with Crippen LogP contribution in [0.25, 0.3) is 0 Å². The quantitative estimate of drug-likeness (QED) is 0.294. The van der Waals surface area contributed by atoms with Gasteiger partial charge in [0, 0.05) is 0 Å². The largest absolute Gasteiger partial charge is 1.00 e. The van der Waals surface area contributed by atoms with Crippen molar-refractivity contribution in [3.8, 4) is 0 Å². The van der Waals surface area contributed by atoms with E-state index in [4.69, 9.17) is 11.5 Å². The van der Waals surface area contributed by atoms with Gasteiger partial charge in [-0.2, -0.15) is 0 Å². The minimum atomic E-state index is -1.29. The second-order valence-corrected chi connectivity index (χ2v) is 4.66. The Hall–Kier alpha value is -0.407. The van der Waals surface area contributed by atoms with Crippen molar-refractivity contribution < 1.29 is 123 Å². The van der Waals surface area contributed by atoms with Gasteiger partial charge in [-0.3, -0.25) is 0 Å². The molecule has 0 aliphatic rings. The number of hydrogen-bond donors (Lipinski definition) is 2. The molecule has 0 unspecified atom stereocenters. The first-order valence-electron chi connectivity index (χ1n) is 6.68. The zero-order valence-corrected chi connectivity index (χ0v) is 20.5. The van der Waals surface area contributed by atoms with Gasteiger partial charge in [-0.25, -0.2) is 9.98 Å². The smallest absolute Gasteiger partial charge is 0.545 e. The van der Waals surface area contributed by atoms with Crippen LogP contribution >= 0.6 is 0 Å². The number of nitrogens with two attached hydrogens (primary N) is 2. The zero-order valence-electron chi connectivity index (χ0n) is 14.3. The molecule has 0 saturated heterocycles. The van der Waals surface area contributed by atoms with Crippen molar-refractivity contribution in [1.82, 2.24) is 0 Å². The van der Waals surface area contributed by atoms with Crippen LogP contribution in [-0.4, -0.2) is 23.6 Å². The molecule has 0 saturated carbocycles. The maximum atomic E-state index is 10.7. The van der Waals surface area contributed by atoms with Crippen molar-refractivity contribution in [3.05, 3.63) is 59.7 Å². The van der Waals surface area contributed by atoms with Gasteiger partial charge in [0.1, 0.15) is 0 Å². The van der Waals surface area contributed by atoms with Crippen LogP contribution in [0.3, 0.4) is 0 Å². The molecule has 0 bridgehead atoms. The Morgan fingerprint density at radius 2 is 0.923 bits per heavy atom. The summed E-state index contributed by atoms with van der Waals surface area (Å²) in [5.74, 6) is -2.72. The van der Waals surface area contributed by atoms with E-state index in [1.807, 2.05) is 0 Å². The van der Waals surface area contributed by atoms with Crippen LogP contribution in [0.2, 0.25) is 0 Å². The van der Waals surface area contributed by atoms with Gasteiger partial charge < -0.3 is 31.3 Å². The maximum Gasteiger partial charge on any atom is 1.00 e. The number of benzene rings is 2. The van der Waals surface area contributed by atoms with Gasteiger partial charge in [-0.05, 0) is 35.4 Å². The molecule has 0 amide bonds. The summed E-state index contributed by atoms with van der Waals surface area (Å²) in [7, 11) is 0. The second-order valence-electron chi connectivity index (χ2n) is 4.66. The fraction of sp³-hybridized carbons (Fsp3) is 0. The molecule has 2 aromatic rings. The monoisotopic (exact) mass is 402 g/mol. The summed E-state index contributed by atoms with van der Waals surface area (Å²) >= 11 is 0. The summed E-state index contributed by atoms with van der Waals surface area (Å²) in [5.41, 5.74) is 12.3. The molecule has 8 nitrogen and oxygen atoms in total. The number of carboxylic acids is 2. The number of rotatable bonds is 4. The predicted octanol–water partition coefficient (Wildman–Crippen LogP) is -6.90. The standard InChI is InChI=1S/C16H14N4O4.2K/c17-13(19-11-5-1-9(2-6-11)15(21)22)14(18)20-12-7-3-10(4-8-12)16(23)24;;/h1-8H,(H2,17,19)(H2,18,20)(H,21,22)(H,23,24);;/q;2*+1/p-2. The molecule has 10 heteroatoms. The van der Waals surface area contributed by atoms with E-state index in [2.05, 4.69) is 9.98 Å². The van der Waals surface area contributed by atoms with E-state index in [-0.39, 0.29) is 126 Å². The minimum absolute atomic E-state index is 0. The summed E-state index contributed by atoms with van der Waals surface area (Å²) in [4.78, 5) is 29.4. The normalized spacial score (nSPS) is 11.1. The second kappa shape index (κ2) is 12.1. The van der Waals surface area contributed by atoms with Gasteiger partial charge in [-0.1, -0.05) is 24.3 Å². The van der Waals surface area contributed by atoms with Crippen LogP contribution in [0.1, 0.15) is 20.7 Å². The van der Waals surface area contributed by atoms with Crippen LogP contribution in [-0.2, 0) is 0 Å². The van der Waals surface area contributed by atoms with Crippen LogP contribution in [0.5, 0.6) is 0 Å². The van der Waals surface area contributed by atoms with Crippen LogP contribution in [0, 0.1) is 0 Å². The van der Waals surface area contributed by atoms with E-state index in [0.717, 1.165) is 0 Å². The minimum Gasteiger partial charge on any atom is -0.545 e. The average molecular weight is 402 g/mol. The molecule has 0 aliphatic carbocycles. The Balaban J connectivity index is 0.00000312.